The smallest absolute Gasteiger partial charge is 0.185 e. The van der Waals surface area contributed by atoms with Crippen LogP contribution in [0.2, 0.25) is 10.0 Å². The van der Waals surface area contributed by atoms with Crippen LogP contribution in [0.4, 0.5) is 11.4 Å². The second-order valence-corrected chi connectivity index (χ2v) is 7.34. The highest BCUT2D eigenvalue weighted by Gasteiger charge is 2.04. The lowest BCUT2D eigenvalue weighted by molar-refractivity contribution is 0.104. The van der Waals surface area contributed by atoms with Crippen molar-refractivity contribution < 1.29 is 4.79 Å². The van der Waals surface area contributed by atoms with E-state index in [0.29, 0.717) is 15.6 Å². The number of carbonyl (C=O) groups is 1. The number of carbonyl (C=O) groups excluding carboxylic acids is 1. The summed E-state index contributed by atoms with van der Waals surface area (Å²) < 4.78 is 0. The Balaban J connectivity index is 1.48. The van der Waals surface area contributed by atoms with Gasteiger partial charge in [-0.15, -0.1) is 0 Å². The van der Waals surface area contributed by atoms with E-state index < -0.39 is 0 Å². The summed E-state index contributed by atoms with van der Waals surface area (Å²) in [5, 5.41) is 5.67. The molecule has 0 aliphatic heterocycles. The molecular formula is C24H16Cl2N2O. The van der Waals surface area contributed by atoms with Crippen molar-refractivity contribution in [1.82, 2.24) is 4.98 Å². The fourth-order valence-electron chi connectivity index (χ4n) is 2.95. The van der Waals surface area contributed by atoms with Gasteiger partial charge in [-0.2, -0.15) is 0 Å². The van der Waals surface area contributed by atoms with E-state index in [1.165, 1.54) is 0 Å². The Morgan fingerprint density at radius 2 is 1.59 bits per heavy atom. The van der Waals surface area contributed by atoms with Crippen molar-refractivity contribution >= 4 is 57.3 Å². The Morgan fingerprint density at radius 3 is 2.34 bits per heavy atom. The van der Waals surface area contributed by atoms with E-state index in [1.807, 2.05) is 48.5 Å². The molecule has 1 aromatic heterocycles. The number of rotatable bonds is 5. The first kappa shape index (κ1) is 19.2. The normalized spacial score (nSPS) is 11.1. The number of aromatic nitrogens is 1. The predicted octanol–water partition coefficient (Wildman–Crippen LogP) is 7.18. The van der Waals surface area contributed by atoms with Gasteiger partial charge in [0.2, 0.25) is 0 Å². The molecule has 0 aliphatic rings. The van der Waals surface area contributed by atoms with Crippen LogP contribution in [0.1, 0.15) is 15.9 Å². The summed E-state index contributed by atoms with van der Waals surface area (Å²) >= 11 is 11.9. The summed E-state index contributed by atoms with van der Waals surface area (Å²) in [6.45, 7) is 0. The Hall–Kier alpha value is -3.14. The van der Waals surface area contributed by atoms with Crippen LogP contribution in [-0.4, -0.2) is 10.8 Å². The summed E-state index contributed by atoms with van der Waals surface area (Å²) in [5.41, 5.74) is 4.27. The minimum atomic E-state index is -0.0641. The third-order valence-electron chi connectivity index (χ3n) is 4.45. The van der Waals surface area contributed by atoms with Gasteiger partial charge in [-0.05, 0) is 72.3 Å². The van der Waals surface area contributed by atoms with Crippen molar-refractivity contribution in [2.24, 2.45) is 0 Å². The van der Waals surface area contributed by atoms with Gasteiger partial charge in [0.15, 0.2) is 5.78 Å². The Morgan fingerprint density at radius 1 is 0.862 bits per heavy atom. The minimum Gasteiger partial charge on any atom is -0.355 e. The standard InChI is InChI=1S/C24H16Cl2N2O/c25-18-6-4-17(5-7-18)24(29)12-3-16-1-9-20(10-2-16)28-22-13-14-27-23-15-19(26)8-11-21(22)23/h1-15H,(H,27,28). The lowest BCUT2D eigenvalue weighted by Gasteiger charge is -2.10. The first-order chi connectivity index (χ1) is 14.1. The number of ketones is 1. The molecule has 3 nitrogen and oxygen atoms in total. The van der Waals surface area contributed by atoms with Crippen molar-refractivity contribution in [3.05, 3.63) is 106 Å². The molecule has 0 saturated carbocycles. The SMILES string of the molecule is O=C(C=Cc1ccc(Nc2ccnc3cc(Cl)ccc23)cc1)c1ccc(Cl)cc1. The van der Waals surface area contributed by atoms with Crippen LogP contribution in [0, 0.1) is 0 Å². The van der Waals surface area contributed by atoms with Gasteiger partial charge < -0.3 is 5.32 Å². The maximum atomic E-state index is 12.2. The maximum Gasteiger partial charge on any atom is 0.185 e. The summed E-state index contributed by atoms with van der Waals surface area (Å²) in [7, 11) is 0. The number of nitrogens with zero attached hydrogens (tertiary/aromatic N) is 1. The topological polar surface area (TPSA) is 42.0 Å². The molecule has 4 rings (SSSR count). The van der Waals surface area contributed by atoms with E-state index in [2.05, 4.69) is 10.3 Å². The van der Waals surface area contributed by atoms with Crippen LogP contribution < -0.4 is 5.32 Å². The third-order valence-corrected chi connectivity index (χ3v) is 4.94. The average molecular weight is 419 g/mol. The van der Waals surface area contributed by atoms with Crippen LogP contribution in [0.3, 0.4) is 0 Å². The zero-order chi connectivity index (χ0) is 20.2. The van der Waals surface area contributed by atoms with Gasteiger partial charge in [-0.25, -0.2) is 0 Å². The second kappa shape index (κ2) is 8.48. The van der Waals surface area contributed by atoms with E-state index >= 15 is 0 Å². The summed E-state index contributed by atoms with van der Waals surface area (Å²) in [6.07, 6.45) is 5.11. The molecule has 0 unspecified atom stereocenters. The van der Waals surface area contributed by atoms with Crippen molar-refractivity contribution in [1.29, 1.82) is 0 Å². The number of benzene rings is 3. The highest BCUT2D eigenvalue weighted by atomic mass is 35.5. The molecule has 3 aromatic carbocycles. The molecule has 1 heterocycles. The minimum absolute atomic E-state index is 0.0641. The van der Waals surface area contributed by atoms with Crippen molar-refractivity contribution in [3.63, 3.8) is 0 Å². The summed E-state index contributed by atoms with van der Waals surface area (Å²) in [4.78, 5) is 16.6. The van der Waals surface area contributed by atoms with E-state index in [9.17, 15) is 4.79 Å². The first-order valence-corrected chi connectivity index (χ1v) is 9.73. The predicted molar refractivity (Wildman–Crippen MR) is 121 cm³/mol. The van der Waals surface area contributed by atoms with Crippen LogP contribution >= 0.6 is 23.2 Å². The molecule has 0 amide bonds. The molecule has 0 atom stereocenters. The number of hydrogen-bond acceptors (Lipinski definition) is 3. The summed E-state index contributed by atoms with van der Waals surface area (Å²) in [6, 6.07) is 22.3. The molecule has 0 saturated heterocycles. The molecule has 5 heteroatoms. The zero-order valence-corrected chi connectivity index (χ0v) is 16.8. The molecule has 0 aliphatic carbocycles. The molecule has 4 aromatic rings. The largest absolute Gasteiger partial charge is 0.355 e. The van der Waals surface area contributed by atoms with Gasteiger partial charge in [0.1, 0.15) is 0 Å². The average Bonchev–Trinajstić information content (AvgIpc) is 2.73. The van der Waals surface area contributed by atoms with Gasteiger partial charge in [0, 0.05) is 38.6 Å². The van der Waals surface area contributed by atoms with Gasteiger partial charge in [0.05, 0.1) is 5.52 Å². The molecular weight excluding hydrogens is 403 g/mol. The number of nitrogens with one attached hydrogen (secondary N) is 1. The molecule has 142 valence electrons. The number of fused-ring (bicyclic) bond motifs is 1. The number of anilines is 2. The van der Waals surface area contributed by atoms with Gasteiger partial charge in [-0.3, -0.25) is 9.78 Å². The molecule has 0 bridgehead atoms. The Kier molecular flexibility index (Phi) is 5.61. The molecule has 0 fully saturated rings. The molecule has 0 spiro atoms. The Bertz CT molecular complexity index is 1200. The van der Waals surface area contributed by atoms with E-state index in [4.69, 9.17) is 23.2 Å². The quantitative estimate of drug-likeness (QED) is 0.275. The number of hydrogen-bond donors (Lipinski definition) is 1. The van der Waals surface area contributed by atoms with Crippen LogP contribution in [0.5, 0.6) is 0 Å². The molecule has 0 radical (unpaired) electrons. The molecule has 1 N–H and O–H groups in total. The second-order valence-electron chi connectivity index (χ2n) is 6.47. The molecule has 29 heavy (non-hydrogen) atoms. The van der Waals surface area contributed by atoms with Crippen molar-refractivity contribution in [3.8, 4) is 0 Å². The number of halogens is 2. The lowest BCUT2D eigenvalue weighted by atomic mass is 10.1. The highest BCUT2D eigenvalue weighted by Crippen LogP contribution is 2.27. The lowest BCUT2D eigenvalue weighted by Crippen LogP contribution is -1.94. The van der Waals surface area contributed by atoms with E-state index in [0.717, 1.165) is 27.8 Å². The zero-order valence-electron chi connectivity index (χ0n) is 15.3. The van der Waals surface area contributed by atoms with Gasteiger partial charge >= 0.3 is 0 Å². The van der Waals surface area contributed by atoms with Crippen LogP contribution in [0.25, 0.3) is 17.0 Å². The van der Waals surface area contributed by atoms with Gasteiger partial charge in [-0.1, -0.05) is 41.4 Å². The van der Waals surface area contributed by atoms with E-state index in [1.54, 1.807) is 42.6 Å². The third kappa shape index (κ3) is 4.65. The van der Waals surface area contributed by atoms with E-state index in [-0.39, 0.29) is 5.78 Å². The Labute approximate surface area is 178 Å². The van der Waals surface area contributed by atoms with Gasteiger partial charge in [0.25, 0.3) is 0 Å². The highest BCUT2D eigenvalue weighted by molar-refractivity contribution is 6.31. The van der Waals surface area contributed by atoms with Crippen molar-refractivity contribution in [2.45, 2.75) is 0 Å². The summed E-state index contributed by atoms with van der Waals surface area (Å²) in [5.74, 6) is -0.0641. The number of pyridine rings is 1. The van der Waals surface area contributed by atoms with Crippen LogP contribution in [-0.2, 0) is 0 Å². The van der Waals surface area contributed by atoms with Crippen LogP contribution in [0.15, 0.2) is 85.1 Å². The van der Waals surface area contributed by atoms with Crippen molar-refractivity contribution in [2.75, 3.05) is 5.32 Å². The fraction of sp³-hybridized carbons (Fsp3) is 0. The monoisotopic (exact) mass is 418 g/mol. The maximum absolute atomic E-state index is 12.2. The fourth-order valence-corrected chi connectivity index (χ4v) is 3.24. The first-order valence-electron chi connectivity index (χ1n) is 8.98. The number of allylic oxidation sites excluding steroid dienone is 1.